The average Bonchev–Trinajstić information content (AvgIpc) is 3.10. The molecule has 0 spiro atoms. The molecule has 0 fully saturated rings. The van der Waals surface area contributed by atoms with Crippen LogP contribution in [0.5, 0.6) is 0 Å². The monoisotopic (exact) mass is 406 g/mol. The van der Waals surface area contributed by atoms with Gasteiger partial charge in [-0.15, -0.1) is 0 Å². The van der Waals surface area contributed by atoms with Gasteiger partial charge in [0.1, 0.15) is 11.6 Å². The SMILES string of the molecule is CNS(=O)(=O)c1ccc(F)c(C(=O)Nc2cnn(Cc3ccccc3F)c2)c1. The molecular formula is C18H16F2N4O3S. The second kappa shape index (κ2) is 7.87. The van der Waals surface area contributed by atoms with Crippen LogP contribution in [0.25, 0.3) is 0 Å². The smallest absolute Gasteiger partial charge is 0.258 e. The molecule has 2 aromatic carbocycles. The van der Waals surface area contributed by atoms with Crippen molar-refractivity contribution in [1.29, 1.82) is 0 Å². The predicted molar refractivity (Wildman–Crippen MR) is 98.3 cm³/mol. The van der Waals surface area contributed by atoms with Crippen LogP contribution in [0.3, 0.4) is 0 Å². The van der Waals surface area contributed by atoms with Crippen LogP contribution in [0.1, 0.15) is 15.9 Å². The molecule has 1 aromatic heterocycles. The summed E-state index contributed by atoms with van der Waals surface area (Å²) >= 11 is 0. The van der Waals surface area contributed by atoms with Gasteiger partial charge in [0.15, 0.2) is 0 Å². The van der Waals surface area contributed by atoms with Crippen LogP contribution in [0.2, 0.25) is 0 Å². The summed E-state index contributed by atoms with van der Waals surface area (Å²) < 4.78 is 54.9. The number of anilines is 1. The quantitative estimate of drug-likeness (QED) is 0.657. The highest BCUT2D eigenvalue weighted by molar-refractivity contribution is 7.89. The lowest BCUT2D eigenvalue weighted by molar-refractivity contribution is 0.102. The molecule has 2 N–H and O–H groups in total. The minimum Gasteiger partial charge on any atom is -0.319 e. The summed E-state index contributed by atoms with van der Waals surface area (Å²) in [7, 11) is -2.62. The first kappa shape index (κ1) is 19.6. The fourth-order valence-electron chi connectivity index (χ4n) is 2.48. The van der Waals surface area contributed by atoms with Crippen molar-refractivity contribution in [3.63, 3.8) is 0 Å². The molecule has 0 aliphatic carbocycles. The van der Waals surface area contributed by atoms with Crippen molar-refractivity contribution in [2.75, 3.05) is 12.4 Å². The highest BCUT2D eigenvalue weighted by Crippen LogP contribution is 2.17. The van der Waals surface area contributed by atoms with Crippen molar-refractivity contribution < 1.29 is 22.0 Å². The van der Waals surface area contributed by atoms with E-state index < -0.39 is 27.3 Å². The molecule has 7 nitrogen and oxygen atoms in total. The van der Waals surface area contributed by atoms with E-state index in [9.17, 15) is 22.0 Å². The van der Waals surface area contributed by atoms with E-state index in [1.54, 1.807) is 18.2 Å². The lowest BCUT2D eigenvalue weighted by Gasteiger charge is -2.07. The third kappa shape index (κ3) is 4.24. The van der Waals surface area contributed by atoms with Gasteiger partial charge in [0.05, 0.1) is 28.9 Å². The summed E-state index contributed by atoms with van der Waals surface area (Å²) in [5.41, 5.74) is 0.236. The van der Waals surface area contributed by atoms with Gasteiger partial charge >= 0.3 is 0 Å². The van der Waals surface area contributed by atoms with E-state index in [-0.39, 0.29) is 22.9 Å². The van der Waals surface area contributed by atoms with Crippen molar-refractivity contribution in [2.45, 2.75) is 11.4 Å². The molecule has 3 aromatic rings. The first-order chi connectivity index (χ1) is 13.3. The molecule has 3 rings (SSSR count). The number of carbonyl (C=O) groups excluding carboxylic acids is 1. The standard InChI is InChI=1S/C18H16F2N4O3S/c1-21-28(26,27)14-6-7-17(20)15(8-14)18(25)23-13-9-22-24(11-13)10-12-4-2-3-5-16(12)19/h2-9,11,21H,10H2,1H3,(H,23,25). The molecule has 0 radical (unpaired) electrons. The lowest BCUT2D eigenvalue weighted by atomic mass is 10.2. The van der Waals surface area contributed by atoms with E-state index in [1.807, 2.05) is 0 Å². The Morgan fingerprint density at radius 1 is 1.14 bits per heavy atom. The highest BCUT2D eigenvalue weighted by Gasteiger charge is 2.19. The Morgan fingerprint density at radius 3 is 2.61 bits per heavy atom. The van der Waals surface area contributed by atoms with Gasteiger partial charge in [-0.05, 0) is 31.3 Å². The summed E-state index contributed by atoms with van der Waals surface area (Å²) in [5.74, 6) is -2.09. The Balaban J connectivity index is 1.78. The van der Waals surface area contributed by atoms with Crippen molar-refractivity contribution in [1.82, 2.24) is 14.5 Å². The minimum absolute atomic E-state index is 0.146. The summed E-state index contributed by atoms with van der Waals surface area (Å²) in [4.78, 5) is 12.1. The third-order valence-corrected chi connectivity index (χ3v) is 5.35. The fourth-order valence-corrected chi connectivity index (χ4v) is 3.23. The molecule has 1 amide bonds. The first-order valence-electron chi connectivity index (χ1n) is 8.10. The molecule has 0 unspecified atom stereocenters. The average molecular weight is 406 g/mol. The van der Waals surface area contributed by atoms with E-state index in [1.165, 1.54) is 30.2 Å². The minimum atomic E-state index is -3.83. The summed E-state index contributed by atoms with van der Waals surface area (Å²) in [6.45, 7) is 0.146. The normalized spacial score (nSPS) is 11.4. The number of amides is 1. The molecule has 0 saturated carbocycles. The summed E-state index contributed by atoms with van der Waals surface area (Å²) in [5, 5.41) is 6.47. The molecule has 0 saturated heterocycles. The molecule has 10 heteroatoms. The molecule has 0 aliphatic rings. The third-order valence-electron chi connectivity index (χ3n) is 3.94. The Kier molecular flexibility index (Phi) is 5.52. The van der Waals surface area contributed by atoms with Gasteiger partial charge in [-0.1, -0.05) is 18.2 Å². The first-order valence-corrected chi connectivity index (χ1v) is 9.59. The van der Waals surface area contributed by atoms with Gasteiger partial charge < -0.3 is 5.32 Å². The van der Waals surface area contributed by atoms with Crippen LogP contribution in [0.4, 0.5) is 14.5 Å². The zero-order valence-electron chi connectivity index (χ0n) is 14.7. The van der Waals surface area contributed by atoms with E-state index in [2.05, 4.69) is 15.1 Å². The predicted octanol–water partition coefficient (Wildman–Crippen LogP) is 2.37. The van der Waals surface area contributed by atoms with Gasteiger partial charge in [-0.2, -0.15) is 5.10 Å². The van der Waals surface area contributed by atoms with Crippen LogP contribution in [-0.4, -0.2) is 31.2 Å². The number of nitrogens with one attached hydrogen (secondary N) is 2. The van der Waals surface area contributed by atoms with Gasteiger partial charge in [0.2, 0.25) is 10.0 Å². The molecule has 1 heterocycles. The molecular weight excluding hydrogens is 390 g/mol. The number of halogens is 2. The maximum Gasteiger partial charge on any atom is 0.258 e. The van der Waals surface area contributed by atoms with E-state index in [0.29, 0.717) is 5.56 Å². The Morgan fingerprint density at radius 2 is 1.89 bits per heavy atom. The van der Waals surface area contributed by atoms with Gasteiger partial charge in [0, 0.05) is 11.8 Å². The summed E-state index contributed by atoms with van der Waals surface area (Å²) in [6, 6.07) is 9.12. The Hall–Kier alpha value is -3.11. The fraction of sp³-hybridized carbons (Fsp3) is 0.111. The maximum absolute atomic E-state index is 14.0. The molecule has 0 bridgehead atoms. The van der Waals surface area contributed by atoms with E-state index in [0.717, 1.165) is 18.2 Å². The van der Waals surface area contributed by atoms with Gasteiger partial charge in [0.25, 0.3) is 5.91 Å². The number of aromatic nitrogens is 2. The topological polar surface area (TPSA) is 93.1 Å². The van der Waals surface area contributed by atoms with Crippen LogP contribution in [0, 0.1) is 11.6 Å². The van der Waals surface area contributed by atoms with Crippen LogP contribution in [0.15, 0.2) is 59.8 Å². The van der Waals surface area contributed by atoms with Crippen molar-refractivity contribution in [2.24, 2.45) is 0 Å². The van der Waals surface area contributed by atoms with Gasteiger partial charge in [-0.25, -0.2) is 21.9 Å². The number of rotatable bonds is 6. The number of carbonyl (C=O) groups is 1. The second-order valence-corrected chi connectivity index (χ2v) is 7.71. The number of hydrogen-bond acceptors (Lipinski definition) is 4. The van der Waals surface area contributed by atoms with E-state index in [4.69, 9.17) is 0 Å². The Labute approximate surface area is 160 Å². The molecule has 0 atom stereocenters. The van der Waals surface area contributed by atoms with Crippen LogP contribution in [-0.2, 0) is 16.6 Å². The van der Waals surface area contributed by atoms with Gasteiger partial charge in [-0.3, -0.25) is 9.48 Å². The van der Waals surface area contributed by atoms with Crippen molar-refractivity contribution in [3.8, 4) is 0 Å². The highest BCUT2D eigenvalue weighted by atomic mass is 32.2. The number of benzene rings is 2. The largest absolute Gasteiger partial charge is 0.319 e. The second-order valence-electron chi connectivity index (χ2n) is 5.82. The Bertz CT molecular complexity index is 1130. The summed E-state index contributed by atoms with van der Waals surface area (Å²) in [6.07, 6.45) is 2.78. The number of nitrogens with zero attached hydrogens (tertiary/aromatic N) is 2. The maximum atomic E-state index is 14.0. The number of hydrogen-bond donors (Lipinski definition) is 2. The molecule has 146 valence electrons. The van der Waals surface area contributed by atoms with Crippen molar-refractivity contribution >= 4 is 21.6 Å². The van der Waals surface area contributed by atoms with Crippen molar-refractivity contribution in [3.05, 3.63) is 77.6 Å². The zero-order valence-corrected chi connectivity index (χ0v) is 15.5. The van der Waals surface area contributed by atoms with Crippen LogP contribution >= 0.6 is 0 Å². The molecule has 28 heavy (non-hydrogen) atoms. The van der Waals surface area contributed by atoms with E-state index >= 15 is 0 Å². The van der Waals surface area contributed by atoms with Crippen LogP contribution < -0.4 is 10.0 Å². The zero-order chi connectivity index (χ0) is 20.3. The number of sulfonamides is 1. The lowest BCUT2D eigenvalue weighted by Crippen LogP contribution is -2.20. The molecule has 0 aliphatic heterocycles.